The van der Waals surface area contributed by atoms with Crippen LogP contribution < -0.4 is 5.46 Å². The van der Waals surface area contributed by atoms with Gasteiger partial charge in [-0.3, -0.25) is 0 Å². The van der Waals surface area contributed by atoms with Gasteiger partial charge in [-0.1, -0.05) is 24.3 Å². The molecule has 2 rings (SSSR count). The van der Waals surface area contributed by atoms with Crippen LogP contribution in [0.5, 0.6) is 0 Å². The highest BCUT2D eigenvalue weighted by Gasteiger charge is 2.21. The number of hydrogen-bond acceptors (Lipinski definition) is 3. The van der Waals surface area contributed by atoms with Crippen molar-refractivity contribution in [2.45, 2.75) is 12.3 Å². The Morgan fingerprint density at radius 3 is 2.40 bits per heavy atom. The highest BCUT2D eigenvalue weighted by Crippen LogP contribution is 2.25. The number of nitrogens with zero attached hydrogens (tertiary/aromatic N) is 1. The second-order valence-electron chi connectivity index (χ2n) is 4.29. The van der Waals surface area contributed by atoms with Gasteiger partial charge < -0.3 is 14.9 Å². The topological polar surface area (TPSA) is 43.7 Å². The first-order chi connectivity index (χ1) is 7.16. The monoisotopic (exact) mass is 205 g/mol. The fraction of sp³-hybridized carbons (Fsp3) is 0.455. The lowest BCUT2D eigenvalue weighted by Gasteiger charge is -2.11. The first-order valence-corrected chi connectivity index (χ1v) is 5.31. The van der Waals surface area contributed by atoms with Crippen molar-refractivity contribution < 1.29 is 10.0 Å². The van der Waals surface area contributed by atoms with Gasteiger partial charge in [0.2, 0.25) is 0 Å². The van der Waals surface area contributed by atoms with Gasteiger partial charge in [-0.05, 0) is 37.0 Å². The Labute approximate surface area is 90.5 Å². The van der Waals surface area contributed by atoms with Crippen molar-refractivity contribution >= 4 is 12.6 Å². The normalized spacial score (nSPS) is 21.9. The second kappa shape index (κ2) is 4.35. The van der Waals surface area contributed by atoms with Crippen molar-refractivity contribution in [3.63, 3.8) is 0 Å². The third-order valence-corrected chi connectivity index (χ3v) is 3.10. The van der Waals surface area contributed by atoms with Gasteiger partial charge in [-0.25, -0.2) is 0 Å². The van der Waals surface area contributed by atoms with E-state index in [9.17, 15) is 0 Å². The Morgan fingerprint density at radius 2 is 1.93 bits per heavy atom. The van der Waals surface area contributed by atoms with E-state index < -0.39 is 7.12 Å². The van der Waals surface area contributed by atoms with E-state index in [1.807, 2.05) is 12.1 Å². The average molecular weight is 205 g/mol. The van der Waals surface area contributed by atoms with Gasteiger partial charge in [0, 0.05) is 6.54 Å². The van der Waals surface area contributed by atoms with Crippen LogP contribution in [0.2, 0.25) is 0 Å². The van der Waals surface area contributed by atoms with Crippen LogP contribution in [0.25, 0.3) is 0 Å². The molecule has 0 aliphatic carbocycles. The number of likely N-dealkylation sites (tertiary alicyclic amines) is 1. The first kappa shape index (κ1) is 10.7. The molecule has 2 N–H and O–H groups in total. The van der Waals surface area contributed by atoms with Gasteiger partial charge in [0.15, 0.2) is 0 Å². The molecule has 1 aliphatic rings. The summed E-state index contributed by atoms with van der Waals surface area (Å²) < 4.78 is 0. The third kappa shape index (κ3) is 2.40. The predicted molar refractivity (Wildman–Crippen MR) is 61.1 cm³/mol. The highest BCUT2D eigenvalue weighted by molar-refractivity contribution is 6.58. The van der Waals surface area contributed by atoms with Gasteiger partial charge in [0.25, 0.3) is 0 Å². The van der Waals surface area contributed by atoms with Gasteiger partial charge in [-0.2, -0.15) is 0 Å². The maximum Gasteiger partial charge on any atom is 0.488 e. The molecule has 3 nitrogen and oxygen atoms in total. The average Bonchev–Trinajstić information content (AvgIpc) is 2.65. The van der Waals surface area contributed by atoms with Crippen molar-refractivity contribution in [1.82, 2.24) is 4.90 Å². The molecule has 0 amide bonds. The zero-order valence-electron chi connectivity index (χ0n) is 8.93. The Hall–Kier alpha value is -0.835. The Balaban J connectivity index is 2.10. The number of hydrogen-bond donors (Lipinski definition) is 2. The third-order valence-electron chi connectivity index (χ3n) is 3.10. The van der Waals surface area contributed by atoms with E-state index >= 15 is 0 Å². The van der Waals surface area contributed by atoms with E-state index in [1.165, 1.54) is 12.0 Å². The molecule has 0 aromatic heterocycles. The van der Waals surface area contributed by atoms with Crippen molar-refractivity contribution in [2.24, 2.45) is 0 Å². The second-order valence-corrected chi connectivity index (χ2v) is 4.29. The quantitative estimate of drug-likeness (QED) is 0.656. The molecule has 1 saturated heterocycles. The van der Waals surface area contributed by atoms with Crippen molar-refractivity contribution in [3.05, 3.63) is 29.8 Å². The molecule has 0 bridgehead atoms. The minimum absolute atomic E-state index is 0.560. The van der Waals surface area contributed by atoms with Crippen molar-refractivity contribution in [2.75, 3.05) is 20.1 Å². The van der Waals surface area contributed by atoms with Crippen LogP contribution in [-0.4, -0.2) is 42.2 Å². The lowest BCUT2D eigenvalue weighted by molar-refractivity contribution is 0.411. The van der Waals surface area contributed by atoms with Crippen LogP contribution in [0.15, 0.2) is 24.3 Å². The Morgan fingerprint density at radius 1 is 1.27 bits per heavy atom. The van der Waals surface area contributed by atoms with Gasteiger partial charge in [0.1, 0.15) is 0 Å². The first-order valence-electron chi connectivity index (χ1n) is 5.31. The molecule has 0 radical (unpaired) electrons. The number of benzene rings is 1. The maximum atomic E-state index is 8.97. The lowest BCUT2D eigenvalue weighted by Crippen LogP contribution is -2.29. The molecule has 1 fully saturated rings. The van der Waals surface area contributed by atoms with E-state index in [-0.39, 0.29) is 0 Å². The smallest absolute Gasteiger partial charge is 0.423 e. The molecular weight excluding hydrogens is 189 g/mol. The molecule has 1 aliphatic heterocycles. The zero-order valence-corrected chi connectivity index (χ0v) is 8.93. The fourth-order valence-electron chi connectivity index (χ4n) is 2.15. The molecule has 4 heteroatoms. The summed E-state index contributed by atoms with van der Waals surface area (Å²) in [6.07, 6.45) is 1.19. The SMILES string of the molecule is CN1CC[C@H](c2ccc(B(O)O)cc2)C1. The number of rotatable bonds is 2. The molecule has 1 heterocycles. The standard InChI is InChI=1S/C11H16BNO2/c1-13-7-6-10(8-13)9-2-4-11(5-3-9)12(14)15/h2-5,10,14-15H,6-8H2,1H3/t10-/m0/s1. The van der Waals surface area contributed by atoms with Crippen LogP contribution in [0.3, 0.4) is 0 Å². The van der Waals surface area contributed by atoms with Crippen LogP contribution in [0, 0.1) is 0 Å². The maximum absolute atomic E-state index is 8.97. The minimum Gasteiger partial charge on any atom is -0.423 e. The van der Waals surface area contributed by atoms with E-state index in [1.54, 1.807) is 12.1 Å². The van der Waals surface area contributed by atoms with Crippen molar-refractivity contribution in [3.8, 4) is 0 Å². The highest BCUT2D eigenvalue weighted by atomic mass is 16.4. The van der Waals surface area contributed by atoms with Crippen molar-refractivity contribution in [1.29, 1.82) is 0 Å². The van der Waals surface area contributed by atoms with E-state index in [0.717, 1.165) is 13.1 Å². The number of likely N-dealkylation sites (N-methyl/N-ethyl adjacent to an activating group) is 1. The molecule has 1 aromatic rings. The van der Waals surface area contributed by atoms with Crippen LogP contribution in [0.4, 0.5) is 0 Å². The summed E-state index contributed by atoms with van der Waals surface area (Å²) in [5, 5.41) is 17.9. The summed E-state index contributed by atoms with van der Waals surface area (Å²) in [6.45, 7) is 2.25. The van der Waals surface area contributed by atoms with E-state index in [0.29, 0.717) is 11.4 Å². The summed E-state index contributed by atoms with van der Waals surface area (Å²) in [6, 6.07) is 7.58. The molecule has 0 spiro atoms. The predicted octanol–water partition coefficient (Wildman–Crippen LogP) is -0.215. The lowest BCUT2D eigenvalue weighted by atomic mass is 9.79. The summed E-state index contributed by atoms with van der Waals surface area (Å²) in [4.78, 5) is 2.32. The summed E-state index contributed by atoms with van der Waals surface area (Å²) in [5.74, 6) is 0.597. The van der Waals surface area contributed by atoms with E-state index in [4.69, 9.17) is 10.0 Å². The van der Waals surface area contributed by atoms with Gasteiger partial charge in [0.05, 0.1) is 0 Å². The van der Waals surface area contributed by atoms with Crippen LogP contribution >= 0.6 is 0 Å². The molecule has 0 unspecified atom stereocenters. The fourth-order valence-corrected chi connectivity index (χ4v) is 2.15. The van der Waals surface area contributed by atoms with Gasteiger partial charge in [-0.15, -0.1) is 0 Å². The summed E-state index contributed by atoms with van der Waals surface area (Å²) in [5.41, 5.74) is 1.86. The Kier molecular flexibility index (Phi) is 3.10. The summed E-state index contributed by atoms with van der Waals surface area (Å²) >= 11 is 0. The van der Waals surface area contributed by atoms with E-state index in [2.05, 4.69) is 11.9 Å². The van der Waals surface area contributed by atoms with Crippen LogP contribution in [-0.2, 0) is 0 Å². The molecular formula is C11H16BNO2. The van der Waals surface area contributed by atoms with Gasteiger partial charge >= 0.3 is 7.12 Å². The zero-order chi connectivity index (χ0) is 10.8. The molecule has 1 aromatic carbocycles. The van der Waals surface area contributed by atoms with Crippen LogP contribution in [0.1, 0.15) is 17.9 Å². The molecule has 80 valence electrons. The minimum atomic E-state index is -1.36. The molecule has 15 heavy (non-hydrogen) atoms. The largest absolute Gasteiger partial charge is 0.488 e. The molecule has 1 atom stereocenters. The summed E-state index contributed by atoms with van der Waals surface area (Å²) in [7, 11) is 0.775. The Bertz CT molecular complexity index is 326. The molecule has 0 saturated carbocycles.